The van der Waals surface area contributed by atoms with Crippen LogP contribution in [0.5, 0.6) is 5.75 Å². The van der Waals surface area contributed by atoms with Gasteiger partial charge in [-0.15, -0.1) is 0 Å². The fourth-order valence-corrected chi connectivity index (χ4v) is 2.69. The molecule has 1 aromatic carbocycles. The third-order valence-corrected chi connectivity index (χ3v) is 4.34. The first-order valence-corrected chi connectivity index (χ1v) is 8.76. The van der Waals surface area contributed by atoms with E-state index in [2.05, 4.69) is 10.4 Å². The zero-order valence-corrected chi connectivity index (χ0v) is 15.9. The van der Waals surface area contributed by atoms with Crippen LogP contribution < -0.4 is 10.1 Å². The molecule has 28 heavy (non-hydrogen) atoms. The summed E-state index contributed by atoms with van der Waals surface area (Å²) in [5.41, 5.74) is 1.30. The van der Waals surface area contributed by atoms with Crippen molar-refractivity contribution in [3.05, 3.63) is 68.9 Å². The highest BCUT2D eigenvalue weighted by Gasteiger charge is 2.16. The average molecular weight is 405 g/mol. The summed E-state index contributed by atoms with van der Waals surface area (Å²) in [6.45, 7) is 4.47. The molecule has 0 bridgehead atoms. The van der Waals surface area contributed by atoms with Crippen molar-refractivity contribution in [3.63, 3.8) is 0 Å². The van der Waals surface area contributed by atoms with Gasteiger partial charge in [0.1, 0.15) is 18.1 Å². The number of aromatic nitrogens is 2. The number of benzene rings is 1. The van der Waals surface area contributed by atoms with E-state index < -0.39 is 10.8 Å². The van der Waals surface area contributed by atoms with E-state index in [1.54, 1.807) is 16.9 Å². The van der Waals surface area contributed by atoms with E-state index in [9.17, 15) is 14.9 Å². The van der Waals surface area contributed by atoms with Gasteiger partial charge in [0.25, 0.3) is 11.6 Å². The number of nitrogens with zero attached hydrogens (tertiary/aromatic N) is 3. The number of nitro benzene ring substituents is 1. The van der Waals surface area contributed by atoms with Gasteiger partial charge in [0.2, 0.25) is 0 Å². The van der Waals surface area contributed by atoms with Gasteiger partial charge in [-0.25, -0.2) is 0 Å². The summed E-state index contributed by atoms with van der Waals surface area (Å²) in [6, 6.07) is 7.00. The number of anilines is 1. The summed E-state index contributed by atoms with van der Waals surface area (Å²) in [7, 11) is 0. The Labute approximate surface area is 165 Å². The molecule has 0 fully saturated rings. The molecule has 0 atom stereocenters. The third-order valence-electron chi connectivity index (χ3n) is 4.03. The van der Waals surface area contributed by atoms with Crippen LogP contribution in [0.15, 0.2) is 40.9 Å². The Balaban J connectivity index is 1.65. The number of furan rings is 1. The molecule has 0 saturated carbocycles. The van der Waals surface area contributed by atoms with E-state index in [0.717, 1.165) is 5.69 Å². The van der Waals surface area contributed by atoms with Crippen LogP contribution in [0.2, 0.25) is 5.02 Å². The molecule has 0 aliphatic heterocycles. The number of carbonyl (C=O) groups is 1. The van der Waals surface area contributed by atoms with Crippen molar-refractivity contribution in [3.8, 4) is 5.75 Å². The number of amides is 1. The highest BCUT2D eigenvalue weighted by Crippen LogP contribution is 2.29. The lowest BCUT2D eigenvalue weighted by atomic mass is 10.3. The quantitative estimate of drug-likeness (QED) is 0.466. The Bertz CT molecular complexity index is 1030. The van der Waals surface area contributed by atoms with Gasteiger partial charge in [-0.05, 0) is 32.0 Å². The molecule has 146 valence electrons. The van der Waals surface area contributed by atoms with Crippen molar-refractivity contribution in [1.82, 2.24) is 9.78 Å². The fourth-order valence-electron chi connectivity index (χ4n) is 2.51. The number of hydrogen-bond acceptors (Lipinski definition) is 6. The monoisotopic (exact) mass is 404 g/mol. The second-order valence-electron chi connectivity index (χ2n) is 5.84. The molecule has 0 aliphatic rings. The standard InChI is InChI=1S/C18H17ClN4O5/c1-3-22-11(2)15(9-20-22)21-18(24)16-7-5-13(28-16)10-27-17-8-12(23(25)26)4-6-14(17)19/h4-9H,3,10H2,1-2H3,(H,21,24). The van der Waals surface area contributed by atoms with Crippen molar-refractivity contribution in [2.45, 2.75) is 27.0 Å². The topological polar surface area (TPSA) is 112 Å². The van der Waals surface area contributed by atoms with Crippen molar-refractivity contribution < 1.29 is 18.9 Å². The van der Waals surface area contributed by atoms with Gasteiger partial charge in [0.15, 0.2) is 5.76 Å². The number of rotatable bonds is 7. The molecule has 0 radical (unpaired) electrons. The van der Waals surface area contributed by atoms with Crippen LogP contribution in [-0.2, 0) is 13.2 Å². The molecule has 0 unspecified atom stereocenters. The van der Waals surface area contributed by atoms with Gasteiger partial charge < -0.3 is 14.5 Å². The Kier molecular flexibility index (Phi) is 5.65. The van der Waals surface area contributed by atoms with Gasteiger partial charge >= 0.3 is 0 Å². The molecule has 3 aromatic rings. The van der Waals surface area contributed by atoms with Crippen molar-refractivity contribution in [1.29, 1.82) is 0 Å². The number of carbonyl (C=O) groups excluding carboxylic acids is 1. The Morgan fingerprint density at radius 2 is 2.18 bits per heavy atom. The lowest BCUT2D eigenvalue weighted by Crippen LogP contribution is -2.11. The smallest absolute Gasteiger partial charge is 0.291 e. The molecule has 10 heteroatoms. The highest BCUT2D eigenvalue weighted by atomic mass is 35.5. The summed E-state index contributed by atoms with van der Waals surface area (Å²) in [6.07, 6.45) is 1.58. The fraction of sp³-hybridized carbons (Fsp3) is 0.222. The van der Waals surface area contributed by atoms with E-state index in [1.807, 2.05) is 13.8 Å². The lowest BCUT2D eigenvalue weighted by molar-refractivity contribution is -0.384. The molecule has 2 aromatic heterocycles. The molecule has 1 amide bonds. The van der Waals surface area contributed by atoms with Crippen LogP contribution in [0, 0.1) is 17.0 Å². The number of ether oxygens (including phenoxy) is 1. The van der Waals surface area contributed by atoms with Crippen LogP contribution in [0.3, 0.4) is 0 Å². The molecule has 9 nitrogen and oxygen atoms in total. The van der Waals surface area contributed by atoms with E-state index in [4.69, 9.17) is 20.8 Å². The molecule has 0 saturated heterocycles. The summed E-state index contributed by atoms with van der Waals surface area (Å²) >= 11 is 5.99. The zero-order chi connectivity index (χ0) is 20.3. The van der Waals surface area contributed by atoms with Gasteiger partial charge in [0.05, 0.1) is 33.6 Å². The third kappa shape index (κ3) is 4.15. The average Bonchev–Trinajstić information content (AvgIpc) is 3.28. The van der Waals surface area contributed by atoms with Crippen LogP contribution >= 0.6 is 11.6 Å². The predicted molar refractivity (Wildman–Crippen MR) is 102 cm³/mol. The first kappa shape index (κ1) is 19.4. The zero-order valence-electron chi connectivity index (χ0n) is 15.1. The Morgan fingerprint density at radius 1 is 1.39 bits per heavy atom. The van der Waals surface area contributed by atoms with Gasteiger partial charge in [0, 0.05) is 12.6 Å². The second-order valence-corrected chi connectivity index (χ2v) is 6.25. The molecule has 1 N–H and O–H groups in total. The maximum absolute atomic E-state index is 12.3. The summed E-state index contributed by atoms with van der Waals surface area (Å²) in [5, 5.41) is 18.0. The van der Waals surface area contributed by atoms with E-state index >= 15 is 0 Å². The molecule has 2 heterocycles. The molecule has 3 rings (SSSR count). The SMILES string of the molecule is CCn1ncc(NC(=O)c2ccc(COc3cc([N+](=O)[O-])ccc3Cl)o2)c1C. The Morgan fingerprint density at radius 3 is 2.86 bits per heavy atom. The van der Waals surface area contributed by atoms with Crippen molar-refractivity contribution >= 4 is 28.9 Å². The molecule has 0 spiro atoms. The van der Waals surface area contributed by atoms with Crippen LogP contribution in [-0.4, -0.2) is 20.6 Å². The summed E-state index contributed by atoms with van der Waals surface area (Å²) in [4.78, 5) is 22.7. The van der Waals surface area contributed by atoms with E-state index in [-0.39, 0.29) is 28.8 Å². The van der Waals surface area contributed by atoms with E-state index in [0.29, 0.717) is 18.0 Å². The minimum absolute atomic E-state index is 0.0407. The highest BCUT2D eigenvalue weighted by molar-refractivity contribution is 6.32. The van der Waals surface area contributed by atoms with Crippen molar-refractivity contribution in [2.24, 2.45) is 0 Å². The number of aryl methyl sites for hydroxylation is 1. The van der Waals surface area contributed by atoms with Gasteiger partial charge in [-0.3, -0.25) is 19.6 Å². The normalized spacial score (nSPS) is 10.7. The van der Waals surface area contributed by atoms with E-state index in [1.165, 1.54) is 24.3 Å². The minimum Gasteiger partial charge on any atom is -0.484 e. The lowest BCUT2D eigenvalue weighted by Gasteiger charge is -2.06. The summed E-state index contributed by atoms with van der Waals surface area (Å²) in [5.74, 6) is 0.209. The summed E-state index contributed by atoms with van der Waals surface area (Å²) < 4.78 is 12.7. The van der Waals surface area contributed by atoms with Crippen LogP contribution in [0.4, 0.5) is 11.4 Å². The van der Waals surface area contributed by atoms with Crippen molar-refractivity contribution in [2.75, 3.05) is 5.32 Å². The number of hydrogen-bond donors (Lipinski definition) is 1. The second kappa shape index (κ2) is 8.13. The maximum atomic E-state index is 12.3. The number of halogens is 1. The first-order valence-electron chi connectivity index (χ1n) is 8.38. The number of nitrogens with one attached hydrogen (secondary N) is 1. The molecular formula is C18H17ClN4O5. The van der Waals surface area contributed by atoms with Crippen LogP contribution in [0.25, 0.3) is 0 Å². The Hall–Kier alpha value is -3.33. The minimum atomic E-state index is -0.540. The first-order chi connectivity index (χ1) is 13.4. The number of non-ortho nitro benzene ring substituents is 1. The maximum Gasteiger partial charge on any atom is 0.291 e. The number of nitro groups is 1. The molecule has 0 aliphatic carbocycles. The predicted octanol–water partition coefficient (Wildman–Crippen LogP) is 4.20. The molecular weight excluding hydrogens is 388 g/mol. The van der Waals surface area contributed by atoms with Gasteiger partial charge in [-0.2, -0.15) is 5.10 Å². The van der Waals surface area contributed by atoms with Crippen LogP contribution in [0.1, 0.15) is 28.9 Å². The van der Waals surface area contributed by atoms with Gasteiger partial charge in [-0.1, -0.05) is 11.6 Å². The largest absolute Gasteiger partial charge is 0.484 e.